The van der Waals surface area contributed by atoms with Crippen molar-refractivity contribution in [2.24, 2.45) is 5.73 Å². The molecular weight excluding hydrogens is 466 g/mol. The van der Waals surface area contributed by atoms with Crippen molar-refractivity contribution in [2.45, 2.75) is 31.3 Å². The number of benzene rings is 2. The van der Waals surface area contributed by atoms with E-state index in [-0.39, 0.29) is 18.8 Å². The largest absolute Gasteiger partial charge is 0.481 e. The summed E-state index contributed by atoms with van der Waals surface area (Å²) in [6.45, 7) is 0.209. The highest BCUT2D eigenvalue weighted by Crippen LogP contribution is 2.07. The molecule has 2 aromatic carbocycles. The zero-order valence-corrected chi connectivity index (χ0v) is 19.4. The van der Waals surface area contributed by atoms with Gasteiger partial charge in [0.05, 0.1) is 6.42 Å². The second-order valence-corrected chi connectivity index (χ2v) is 7.87. The number of carbonyl (C=O) groups is 4. The van der Waals surface area contributed by atoms with Gasteiger partial charge in [0.25, 0.3) is 0 Å². The van der Waals surface area contributed by atoms with Gasteiger partial charge in [-0.25, -0.2) is 9.59 Å². The van der Waals surface area contributed by atoms with Gasteiger partial charge >= 0.3 is 18.0 Å². The lowest BCUT2D eigenvalue weighted by Crippen LogP contribution is -2.54. The predicted octanol–water partition coefficient (Wildman–Crippen LogP) is 1.33. The topological polar surface area (TPSA) is 195 Å². The molecule has 0 unspecified atom stereocenters. The van der Waals surface area contributed by atoms with Crippen LogP contribution in [0.2, 0.25) is 0 Å². The molecule has 190 valence electrons. The lowest BCUT2D eigenvalue weighted by atomic mass is 10.1. The Morgan fingerprint density at radius 1 is 0.944 bits per heavy atom. The fraction of sp³-hybridized carbons (Fsp3) is 0.240. The number of carbonyl (C=O) groups excluding carboxylic acids is 2. The van der Waals surface area contributed by atoms with Gasteiger partial charge in [0, 0.05) is 18.5 Å². The van der Waals surface area contributed by atoms with Crippen LogP contribution < -0.4 is 21.7 Å². The zero-order chi connectivity index (χ0) is 26.5. The summed E-state index contributed by atoms with van der Waals surface area (Å²) < 4.78 is 0. The Labute approximate surface area is 207 Å². The molecule has 2 atom stereocenters. The van der Waals surface area contributed by atoms with Gasteiger partial charge in [-0.3, -0.25) is 15.0 Å². The average Bonchev–Trinajstić information content (AvgIpc) is 2.83. The van der Waals surface area contributed by atoms with Gasteiger partial charge in [0.1, 0.15) is 17.9 Å². The van der Waals surface area contributed by atoms with E-state index in [2.05, 4.69) is 16.0 Å². The minimum absolute atomic E-state index is 0.00227. The third-order valence-corrected chi connectivity index (χ3v) is 5.03. The maximum atomic E-state index is 12.6. The van der Waals surface area contributed by atoms with E-state index in [9.17, 15) is 24.3 Å². The van der Waals surface area contributed by atoms with E-state index in [4.69, 9.17) is 16.2 Å². The highest BCUT2D eigenvalue weighted by molar-refractivity contribution is 5.95. The van der Waals surface area contributed by atoms with Crippen molar-refractivity contribution in [1.82, 2.24) is 16.0 Å². The number of carboxylic acids is 2. The fourth-order valence-corrected chi connectivity index (χ4v) is 3.18. The first-order valence-corrected chi connectivity index (χ1v) is 11.1. The van der Waals surface area contributed by atoms with Gasteiger partial charge in [0.15, 0.2) is 0 Å². The van der Waals surface area contributed by atoms with Crippen LogP contribution in [0.3, 0.4) is 0 Å². The summed E-state index contributed by atoms with van der Waals surface area (Å²) >= 11 is 0. The maximum absolute atomic E-state index is 12.6. The number of hydrogen-bond acceptors (Lipinski definition) is 5. The second-order valence-electron chi connectivity index (χ2n) is 7.87. The number of aliphatic carboxylic acids is 2. The van der Waals surface area contributed by atoms with Crippen molar-refractivity contribution in [3.05, 3.63) is 77.4 Å². The molecule has 0 saturated carbocycles. The van der Waals surface area contributed by atoms with E-state index < -0.39 is 42.4 Å². The molecule has 0 heterocycles. The van der Waals surface area contributed by atoms with Crippen LogP contribution in [0.5, 0.6) is 0 Å². The summed E-state index contributed by atoms with van der Waals surface area (Å²) in [7, 11) is 0. The van der Waals surface area contributed by atoms with Gasteiger partial charge in [-0.2, -0.15) is 0 Å². The van der Waals surface area contributed by atoms with Gasteiger partial charge in [-0.05, 0) is 17.5 Å². The van der Waals surface area contributed by atoms with Crippen LogP contribution in [0, 0.1) is 5.41 Å². The summed E-state index contributed by atoms with van der Waals surface area (Å²) in [5.74, 6) is -3.55. The minimum atomic E-state index is -1.46. The third-order valence-electron chi connectivity index (χ3n) is 5.03. The Balaban J connectivity index is 1.87. The molecule has 36 heavy (non-hydrogen) atoms. The molecule has 0 aromatic heterocycles. The van der Waals surface area contributed by atoms with Crippen LogP contribution in [0.15, 0.2) is 60.7 Å². The number of urea groups is 1. The number of nitrogens with two attached hydrogens (primary N) is 1. The van der Waals surface area contributed by atoms with E-state index in [1.54, 1.807) is 54.6 Å². The van der Waals surface area contributed by atoms with Crippen molar-refractivity contribution in [3.63, 3.8) is 0 Å². The van der Waals surface area contributed by atoms with Gasteiger partial charge < -0.3 is 31.9 Å². The predicted molar refractivity (Wildman–Crippen MR) is 133 cm³/mol. The van der Waals surface area contributed by atoms with Crippen molar-refractivity contribution < 1.29 is 29.4 Å². The standard InChI is InChI=1S/C25H29N5O6/c26-22(27)18-11-9-16(10-12-18)6-4-5-13-28-25(36)30-19(15-21(31)32)23(33)29-20(24(34)35)14-17-7-2-1-3-8-17/h1-4,6-12,19-20H,5,13-15H2,(H3,26,27)(H,29,33)(H,31,32)(H,34,35)(H2,28,30,36)/b6-4+/t19-,20-/m0/s1. The Bertz CT molecular complexity index is 1100. The fourth-order valence-electron chi connectivity index (χ4n) is 3.18. The lowest BCUT2D eigenvalue weighted by molar-refractivity contribution is -0.142. The van der Waals surface area contributed by atoms with E-state index in [0.29, 0.717) is 17.5 Å². The van der Waals surface area contributed by atoms with Crippen molar-refractivity contribution in [3.8, 4) is 0 Å². The summed E-state index contributed by atoms with van der Waals surface area (Å²) in [6, 6.07) is 12.2. The average molecular weight is 496 g/mol. The molecule has 0 saturated heterocycles. The monoisotopic (exact) mass is 495 g/mol. The van der Waals surface area contributed by atoms with Crippen molar-refractivity contribution in [2.75, 3.05) is 6.54 Å². The molecule has 2 rings (SSSR count). The van der Waals surface area contributed by atoms with Crippen LogP contribution in [-0.4, -0.2) is 58.6 Å². The molecule has 0 aliphatic heterocycles. The number of nitrogen functional groups attached to an aromatic ring is 1. The Morgan fingerprint density at radius 3 is 2.19 bits per heavy atom. The first-order valence-electron chi connectivity index (χ1n) is 11.1. The number of nitrogens with one attached hydrogen (secondary N) is 4. The van der Waals surface area contributed by atoms with E-state index >= 15 is 0 Å². The van der Waals surface area contributed by atoms with Crippen LogP contribution >= 0.6 is 0 Å². The van der Waals surface area contributed by atoms with E-state index in [1.165, 1.54) is 0 Å². The molecule has 0 spiro atoms. The summed E-state index contributed by atoms with van der Waals surface area (Å²) in [5, 5.41) is 33.1. The molecular formula is C25H29N5O6. The summed E-state index contributed by atoms with van der Waals surface area (Å²) in [5.41, 5.74) is 7.58. The lowest BCUT2D eigenvalue weighted by Gasteiger charge is -2.20. The van der Waals surface area contributed by atoms with Crippen LogP contribution in [-0.2, 0) is 20.8 Å². The Hall–Kier alpha value is -4.67. The second kappa shape index (κ2) is 13.9. The van der Waals surface area contributed by atoms with E-state index in [1.807, 2.05) is 12.2 Å². The van der Waals surface area contributed by atoms with Crippen LogP contribution in [0.25, 0.3) is 6.08 Å². The van der Waals surface area contributed by atoms with Crippen LogP contribution in [0.4, 0.5) is 4.79 Å². The van der Waals surface area contributed by atoms with E-state index in [0.717, 1.165) is 5.56 Å². The molecule has 0 fully saturated rings. The SMILES string of the molecule is N=C(N)c1ccc(/C=C/CCNC(=O)N[C@@H](CC(=O)O)C(=O)N[C@@H](Cc2ccccc2)C(=O)O)cc1. The summed E-state index contributed by atoms with van der Waals surface area (Å²) in [6.07, 6.45) is 3.37. The van der Waals surface area contributed by atoms with Crippen molar-refractivity contribution >= 4 is 35.8 Å². The molecule has 3 amide bonds. The molecule has 11 nitrogen and oxygen atoms in total. The van der Waals surface area contributed by atoms with Crippen molar-refractivity contribution in [1.29, 1.82) is 5.41 Å². The van der Waals surface area contributed by atoms with Crippen LogP contribution in [0.1, 0.15) is 29.5 Å². The molecule has 0 bridgehead atoms. The Morgan fingerprint density at radius 2 is 1.61 bits per heavy atom. The highest BCUT2D eigenvalue weighted by atomic mass is 16.4. The van der Waals surface area contributed by atoms with Gasteiger partial charge in [-0.1, -0.05) is 66.7 Å². The Kier molecular flexibility index (Phi) is 10.6. The quantitative estimate of drug-likeness (QED) is 0.124. The normalized spacial score (nSPS) is 12.3. The first-order chi connectivity index (χ1) is 17.2. The number of carboxylic acid groups (broad SMARTS) is 2. The smallest absolute Gasteiger partial charge is 0.326 e. The molecule has 8 N–H and O–H groups in total. The van der Waals surface area contributed by atoms with Gasteiger partial charge in [-0.15, -0.1) is 0 Å². The maximum Gasteiger partial charge on any atom is 0.326 e. The molecule has 0 aliphatic rings. The number of rotatable bonds is 13. The van der Waals surface area contributed by atoms with Gasteiger partial charge in [0.2, 0.25) is 5.91 Å². The molecule has 11 heteroatoms. The first kappa shape index (κ1) is 27.6. The number of hydrogen-bond donors (Lipinski definition) is 7. The molecule has 0 aliphatic carbocycles. The summed E-state index contributed by atoms with van der Waals surface area (Å²) in [4.78, 5) is 47.6. The highest BCUT2D eigenvalue weighted by Gasteiger charge is 2.28. The molecule has 0 radical (unpaired) electrons. The molecule has 2 aromatic rings. The minimum Gasteiger partial charge on any atom is -0.481 e. The third kappa shape index (κ3) is 9.67. The number of amides is 3. The number of amidine groups is 1. The zero-order valence-electron chi connectivity index (χ0n) is 19.4.